The van der Waals surface area contributed by atoms with Crippen LogP contribution in [0.4, 0.5) is 0 Å². The summed E-state index contributed by atoms with van der Waals surface area (Å²) >= 11 is 0. The first-order valence-electron chi connectivity index (χ1n) is 4.60. The molecule has 1 rings (SSSR count). The van der Waals surface area contributed by atoms with Crippen LogP contribution >= 0.6 is 0 Å². The van der Waals surface area contributed by atoms with Gasteiger partial charge >= 0.3 is 0 Å². The molecule has 0 aromatic carbocycles. The average Bonchev–Trinajstić information content (AvgIpc) is 2.50. The van der Waals surface area contributed by atoms with Crippen molar-refractivity contribution in [3.05, 3.63) is 22.8 Å². The fourth-order valence-corrected chi connectivity index (χ4v) is 1.71. The predicted molar refractivity (Wildman–Crippen MR) is 49.0 cm³/mol. The Morgan fingerprint density at radius 3 is 2.93 bits per heavy atom. The molecule has 14 heavy (non-hydrogen) atoms. The molecule has 5 nitrogen and oxygen atoms in total. The van der Waals surface area contributed by atoms with Crippen LogP contribution in [0.5, 0.6) is 0 Å². The Morgan fingerprint density at radius 1 is 1.79 bits per heavy atom. The van der Waals surface area contributed by atoms with Gasteiger partial charge in [-0.2, -0.15) is 0 Å². The van der Waals surface area contributed by atoms with Gasteiger partial charge in [0, 0.05) is 12.3 Å². The van der Waals surface area contributed by atoms with E-state index < -0.39 is 11.2 Å². The second-order valence-corrected chi connectivity index (χ2v) is 3.39. The van der Waals surface area contributed by atoms with E-state index in [0.29, 0.717) is 12.8 Å². The Hall–Kier alpha value is -1.39. The summed E-state index contributed by atoms with van der Waals surface area (Å²) in [7, 11) is 0. The molecule has 0 heterocycles. The van der Waals surface area contributed by atoms with E-state index in [1.807, 2.05) is 0 Å². The van der Waals surface area contributed by atoms with Gasteiger partial charge in [-0.25, -0.2) is 0 Å². The van der Waals surface area contributed by atoms with Crippen molar-refractivity contribution in [2.45, 2.75) is 31.8 Å². The number of hydrogen-bond donors (Lipinski definition) is 0. The Labute approximate surface area is 81.8 Å². The van der Waals surface area contributed by atoms with Crippen molar-refractivity contribution in [2.24, 2.45) is 5.92 Å². The fourth-order valence-electron chi connectivity index (χ4n) is 1.71. The zero-order valence-electron chi connectivity index (χ0n) is 7.85. The van der Waals surface area contributed by atoms with Crippen molar-refractivity contribution < 1.29 is 14.7 Å². The van der Waals surface area contributed by atoms with Gasteiger partial charge in [-0.1, -0.05) is 6.08 Å². The molecule has 1 aliphatic carbocycles. The third-order valence-corrected chi connectivity index (χ3v) is 2.43. The van der Waals surface area contributed by atoms with Crippen molar-refractivity contribution in [3.8, 4) is 0 Å². The minimum atomic E-state index is -0.841. The van der Waals surface area contributed by atoms with Crippen LogP contribution in [-0.2, 0) is 9.63 Å². The van der Waals surface area contributed by atoms with Crippen LogP contribution in [0, 0.1) is 16.0 Å². The first-order chi connectivity index (χ1) is 6.63. The summed E-state index contributed by atoms with van der Waals surface area (Å²) in [6.45, 7) is 3.44. The van der Waals surface area contributed by atoms with E-state index in [-0.39, 0.29) is 11.7 Å². The summed E-state index contributed by atoms with van der Waals surface area (Å²) in [5, 5.41) is 9.23. The highest BCUT2D eigenvalue weighted by molar-refractivity contribution is 5.82. The molecule has 78 valence electrons. The Morgan fingerprint density at radius 2 is 2.50 bits per heavy atom. The number of hydrogen-bond acceptors (Lipinski definition) is 4. The number of Topliss-reactive ketones (excluding diaryl/α,β-unsaturated/α-hetero) is 1. The number of carbonyl (C=O) groups excluding carboxylic acids is 1. The van der Waals surface area contributed by atoms with Crippen LogP contribution in [0.15, 0.2) is 12.7 Å². The van der Waals surface area contributed by atoms with Crippen LogP contribution in [0.2, 0.25) is 0 Å². The summed E-state index contributed by atoms with van der Waals surface area (Å²) in [6.07, 6.45) is 3.37. The van der Waals surface area contributed by atoms with Crippen molar-refractivity contribution >= 4 is 5.78 Å². The lowest BCUT2D eigenvalue weighted by atomic mass is 9.99. The smallest absolute Gasteiger partial charge is 0.295 e. The molecular weight excluding hydrogens is 186 g/mol. The molecule has 0 aliphatic heterocycles. The van der Waals surface area contributed by atoms with Gasteiger partial charge in [0.1, 0.15) is 11.9 Å². The first kappa shape index (κ1) is 10.7. The standard InChI is InChI=1S/C9H13NO4/c1-2-8(14-10(12)13)6-7-4-3-5-9(7)11/h2,7-8H,1,3-6H2. The molecule has 2 unspecified atom stereocenters. The van der Waals surface area contributed by atoms with Gasteiger partial charge < -0.3 is 4.84 Å². The van der Waals surface area contributed by atoms with Crippen molar-refractivity contribution in [3.63, 3.8) is 0 Å². The van der Waals surface area contributed by atoms with Gasteiger partial charge in [0.05, 0.1) is 0 Å². The Kier molecular flexibility index (Phi) is 3.62. The van der Waals surface area contributed by atoms with Crippen LogP contribution in [0.3, 0.4) is 0 Å². The molecule has 2 atom stereocenters. The number of carbonyl (C=O) groups is 1. The van der Waals surface area contributed by atoms with Gasteiger partial charge in [0.15, 0.2) is 0 Å². The lowest BCUT2D eigenvalue weighted by Crippen LogP contribution is -2.20. The molecule has 1 saturated carbocycles. The maximum atomic E-state index is 11.3. The summed E-state index contributed by atoms with van der Waals surface area (Å²) in [5.41, 5.74) is 0. The third kappa shape index (κ3) is 2.83. The van der Waals surface area contributed by atoms with Crippen LogP contribution < -0.4 is 0 Å². The molecule has 0 spiro atoms. The SMILES string of the molecule is C=CC(CC1CCCC1=O)O[N+](=O)[O-]. The highest BCUT2D eigenvalue weighted by Crippen LogP contribution is 2.26. The zero-order valence-corrected chi connectivity index (χ0v) is 7.85. The summed E-state index contributed by atoms with van der Waals surface area (Å²) in [5.74, 6) is 0.0988. The topological polar surface area (TPSA) is 69.4 Å². The monoisotopic (exact) mass is 199 g/mol. The normalized spacial score (nSPS) is 23.1. The Bertz CT molecular complexity index is 251. The highest BCUT2D eigenvalue weighted by atomic mass is 17.0. The zero-order chi connectivity index (χ0) is 10.6. The minimum absolute atomic E-state index is 0.0852. The van der Waals surface area contributed by atoms with Crippen LogP contribution in [0.25, 0.3) is 0 Å². The lowest BCUT2D eigenvalue weighted by Gasteiger charge is -2.13. The lowest BCUT2D eigenvalue weighted by molar-refractivity contribution is -0.765. The van der Waals surface area contributed by atoms with Crippen molar-refractivity contribution in [2.75, 3.05) is 0 Å². The highest BCUT2D eigenvalue weighted by Gasteiger charge is 2.27. The van der Waals surface area contributed by atoms with Gasteiger partial charge in [-0.3, -0.25) is 4.79 Å². The van der Waals surface area contributed by atoms with Crippen LogP contribution in [0.1, 0.15) is 25.7 Å². The van der Waals surface area contributed by atoms with Gasteiger partial charge in [0.25, 0.3) is 5.09 Å². The largest absolute Gasteiger partial charge is 0.306 e. The molecule has 1 aliphatic rings. The van der Waals surface area contributed by atoms with Gasteiger partial charge in [-0.05, 0) is 19.3 Å². The predicted octanol–water partition coefficient (Wildman–Crippen LogP) is 1.51. The second kappa shape index (κ2) is 4.74. The molecule has 0 radical (unpaired) electrons. The van der Waals surface area contributed by atoms with Crippen LogP contribution in [-0.4, -0.2) is 17.0 Å². The van der Waals surface area contributed by atoms with E-state index in [0.717, 1.165) is 12.8 Å². The average molecular weight is 199 g/mol. The molecule has 0 amide bonds. The summed E-state index contributed by atoms with van der Waals surface area (Å²) < 4.78 is 0. The first-order valence-corrected chi connectivity index (χ1v) is 4.60. The van der Waals surface area contributed by atoms with Gasteiger partial charge in [-0.15, -0.1) is 16.7 Å². The quantitative estimate of drug-likeness (QED) is 0.382. The summed E-state index contributed by atoms with van der Waals surface area (Å²) in [4.78, 5) is 25.7. The third-order valence-electron chi connectivity index (χ3n) is 2.43. The number of nitrogens with zero attached hydrogens (tertiary/aromatic N) is 1. The van der Waals surface area contributed by atoms with Crippen molar-refractivity contribution in [1.29, 1.82) is 0 Å². The van der Waals surface area contributed by atoms with Gasteiger partial charge in [0.2, 0.25) is 0 Å². The van der Waals surface area contributed by atoms with Crippen molar-refractivity contribution in [1.82, 2.24) is 0 Å². The van der Waals surface area contributed by atoms with E-state index in [1.165, 1.54) is 6.08 Å². The number of ketones is 1. The molecular formula is C9H13NO4. The molecule has 0 aromatic heterocycles. The Balaban J connectivity index is 2.43. The maximum absolute atomic E-state index is 11.3. The molecule has 0 aromatic rings. The molecule has 0 N–H and O–H groups in total. The molecule has 5 heteroatoms. The molecule has 0 bridgehead atoms. The van der Waals surface area contributed by atoms with E-state index >= 15 is 0 Å². The maximum Gasteiger partial charge on any atom is 0.295 e. The van der Waals surface area contributed by atoms with E-state index in [2.05, 4.69) is 11.4 Å². The molecule has 0 saturated heterocycles. The van der Waals surface area contributed by atoms with E-state index in [9.17, 15) is 14.9 Å². The van der Waals surface area contributed by atoms with E-state index in [1.54, 1.807) is 0 Å². The number of rotatable bonds is 5. The van der Waals surface area contributed by atoms with E-state index in [4.69, 9.17) is 0 Å². The summed E-state index contributed by atoms with van der Waals surface area (Å²) in [6, 6.07) is 0. The minimum Gasteiger partial charge on any atom is -0.306 e. The molecule has 1 fully saturated rings. The second-order valence-electron chi connectivity index (χ2n) is 3.39. The fraction of sp³-hybridized carbons (Fsp3) is 0.667.